The van der Waals surface area contributed by atoms with E-state index in [0.29, 0.717) is 6.54 Å². The molecule has 0 aliphatic carbocycles. The van der Waals surface area contributed by atoms with Gasteiger partial charge in [-0.05, 0) is 19.4 Å². The first kappa shape index (κ1) is 9.48. The second-order valence-corrected chi connectivity index (χ2v) is 3.11. The monoisotopic (exact) mass is 173 g/mol. The van der Waals surface area contributed by atoms with E-state index < -0.39 is 5.97 Å². The molecule has 0 aromatic rings. The predicted molar refractivity (Wildman–Crippen MR) is 43.9 cm³/mol. The summed E-state index contributed by atoms with van der Waals surface area (Å²) in [7, 11) is 0. The maximum Gasteiger partial charge on any atom is 0.320 e. The van der Waals surface area contributed by atoms with E-state index in [1.54, 1.807) is 0 Å². The van der Waals surface area contributed by atoms with Crippen molar-refractivity contribution in [1.29, 1.82) is 0 Å². The van der Waals surface area contributed by atoms with Crippen LogP contribution in [0.1, 0.15) is 19.3 Å². The van der Waals surface area contributed by atoms with Crippen molar-refractivity contribution in [2.24, 2.45) is 0 Å². The van der Waals surface area contributed by atoms with E-state index in [2.05, 4.69) is 0 Å². The van der Waals surface area contributed by atoms with Gasteiger partial charge in [-0.1, -0.05) is 6.42 Å². The number of aliphatic hydroxyl groups excluding tert-OH is 1. The SMILES string of the molecule is O=C(O)C1CCCCN1CCO. The largest absolute Gasteiger partial charge is 0.480 e. The van der Waals surface area contributed by atoms with Gasteiger partial charge in [-0.2, -0.15) is 0 Å². The average Bonchev–Trinajstić information content (AvgIpc) is 2.05. The van der Waals surface area contributed by atoms with Gasteiger partial charge in [0.05, 0.1) is 6.61 Å². The molecule has 0 radical (unpaired) electrons. The van der Waals surface area contributed by atoms with Crippen molar-refractivity contribution in [3.63, 3.8) is 0 Å². The van der Waals surface area contributed by atoms with Crippen LogP contribution in [0.4, 0.5) is 0 Å². The van der Waals surface area contributed by atoms with Crippen LogP contribution in [0.5, 0.6) is 0 Å². The number of piperidine rings is 1. The van der Waals surface area contributed by atoms with Gasteiger partial charge in [-0.25, -0.2) is 0 Å². The maximum absolute atomic E-state index is 10.7. The number of nitrogens with zero attached hydrogens (tertiary/aromatic N) is 1. The van der Waals surface area contributed by atoms with Crippen molar-refractivity contribution in [3.8, 4) is 0 Å². The fraction of sp³-hybridized carbons (Fsp3) is 0.875. The molecule has 0 spiro atoms. The number of rotatable bonds is 3. The Hall–Kier alpha value is -0.610. The third-order valence-electron chi connectivity index (χ3n) is 2.29. The summed E-state index contributed by atoms with van der Waals surface area (Å²) in [5.74, 6) is -0.761. The Bertz CT molecular complexity index is 158. The summed E-state index contributed by atoms with van der Waals surface area (Å²) in [4.78, 5) is 12.6. The summed E-state index contributed by atoms with van der Waals surface area (Å²) in [6.45, 7) is 1.33. The van der Waals surface area contributed by atoms with Crippen LogP contribution in [-0.2, 0) is 4.79 Å². The van der Waals surface area contributed by atoms with Crippen molar-refractivity contribution < 1.29 is 15.0 Å². The third kappa shape index (κ3) is 2.19. The molecule has 1 unspecified atom stereocenters. The molecule has 1 heterocycles. The molecule has 1 aliphatic heterocycles. The third-order valence-corrected chi connectivity index (χ3v) is 2.29. The molecular weight excluding hydrogens is 158 g/mol. The standard InChI is InChI=1S/C8H15NO3/c10-6-5-9-4-2-1-3-7(9)8(11)12/h7,10H,1-6H2,(H,11,12). The first-order valence-corrected chi connectivity index (χ1v) is 4.33. The van der Waals surface area contributed by atoms with Crippen LogP contribution >= 0.6 is 0 Å². The van der Waals surface area contributed by atoms with Gasteiger partial charge >= 0.3 is 5.97 Å². The van der Waals surface area contributed by atoms with Gasteiger partial charge in [0.15, 0.2) is 0 Å². The van der Waals surface area contributed by atoms with Crippen LogP contribution in [0.15, 0.2) is 0 Å². The topological polar surface area (TPSA) is 60.8 Å². The van der Waals surface area contributed by atoms with Crippen LogP contribution in [0.3, 0.4) is 0 Å². The lowest BCUT2D eigenvalue weighted by Crippen LogP contribution is -2.45. The van der Waals surface area contributed by atoms with Gasteiger partial charge in [0, 0.05) is 6.54 Å². The van der Waals surface area contributed by atoms with Gasteiger partial charge in [0.25, 0.3) is 0 Å². The summed E-state index contributed by atoms with van der Waals surface area (Å²) in [5.41, 5.74) is 0. The Kier molecular flexibility index (Phi) is 3.49. The number of aliphatic carboxylic acids is 1. The summed E-state index contributed by atoms with van der Waals surface area (Å²) >= 11 is 0. The molecule has 0 aromatic carbocycles. The van der Waals surface area contributed by atoms with Gasteiger partial charge in [0.1, 0.15) is 6.04 Å². The van der Waals surface area contributed by atoms with E-state index in [0.717, 1.165) is 25.8 Å². The fourth-order valence-corrected chi connectivity index (χ4v) is 1.67. The zero-order valence-electron chi connectivity index (χ0n) is 7.07. The lowest BCUT2D eigenvalue weighted by molar-refractivity contribution is -0.144. The maximum atomic E-state index is 10.7. The first-order chi connectivity index (χ1) is 5.75. The smallest absolute Gasteiger partial charge is 0.320 e. The van der Waals surface area contributed by atoms with Gasteiger partial charge in [0.2, 0.25) is 0 Å². The molecule has 4 nitrogen and oxygen atoms in total. The van der Waals surface area contributed by atoms with E-state index in [9.17, 15) is 4.79 Å². The number of carbonyl (C=O) groups is 1. The minimum atomic E-state index is -0.761. The minimum Gasteiger partial charge on any atom is -0.480 e. The van der Waals surface area contributed by atoms with Crippen molar-refractivity contribution in [1.82, 2.24) is 4.90 Å². The lowest BCUT2D eigenvalue weighted by atomic mass is 10.0. The lowest BCUT2D eigenvalue weighted by Gasteiger charge is -2.32. The number of likely N-dealkylation sites (tertiary alicyclic amines) is 1. The number of aliphatic hydroxyl groups is 1. The van der Waals surface area contributed by atoms with Crippen LogP contribution in [0.2, 0.25) is 0 Å². The van der Waals surface area contributed by atoms with Crippen molar-refractivity contribution in [2.45, 2.75) is 25.3 Å². The average molecular weight is 173 g/mol. The van der Waals surface area contributed by atoms with Gasteiger partial charge < -0.3 is 10.2 Å². The molecule has 1 fully saturated rings. The van der Waals surface area contributed by atoms with Crippen molar-refractivity contribution in [2.75, 3.05) is 19.7 Å². The predicted octanol–water partition coefficient (Wildman–Crippen LogP) is -0.0822. The Morgan fingerprint density at radius 1 is 1.50 bits per heavy atom. The molecule has 0 amide bonds. The van der Waals surface area contributed by atoms with Crippen molar-refractivity contribution in [3.05, 3.63) is 0 Å². The van der Waals surface area contributed by atoms with Crippen LogP contribution in [0, 0.1) is 0 Å². The number of hydrogen-bond acceptors (Lipinski definition) is 3. The van der Waals surface area contributed by atoms with Crippen LogP contribution in [-0.4, -0.2) is 46.8 Å². The van der Waals surface area contributed by atoms with E-state index in [1.165, 1.54) is 0 Å². The summed E-state index contributed by atoms with van der Waals surface area (Å²) in [6, 6.07) is -0.370. The zero-order valence-corrected chi connectivity index (χ0v) is 7.07. The van der Waals surface area contributed by atoms with Crippen molar-refractivity contribution >= 4 is 5.97 Å². The molecule has 4 heteroatoms. The molecule has 1 rings (SSSR count). The molecule has 2 N–H and O–H groups in total. The highest BCUT2D eigenvalue weighted by Gasteiger charge is 2.27. The summed E-state index contributed by atoms with van der Waals surface area (Å²) in [6.07, 6.45) is 2.75. The zero-order chi connectivity index (χ0) is 8.97. The Balaban J connectivity index is 2.48. The molecule has 1 aliphatic rings. The van der Waals surface area contributed by atoms with E-state index in [-0.39, 0.29) is 12.6 Å². The Morgan fingerprint density at radius 3 is 2.83 bits per heavy atom. The van der Waals surface area contributed by atoms with Gasteiger partial charge in [-0.15, -0.1) is 0 Å². The molecule has 0 aromatic heterocycles. The highest BCUT2D eigenvalue weighted by Crippen LogP contribution is 2.16. The highest BCUT2D eigenvalue weighted by molar-refractivity contribution is 5.73. The Labute approximate surface area is 71.8 Å². The molecule has 1 saturated heterocycles. The number of β-amino-alcohol motifs (C(OH)–C–C–N with tert-alkyl or cyclic N) is 1. The highest BCUT2D eigenvalue weighted by atomic mass is 16.4. The molecule has 1 atom stereocenters. The number of carboxylic acids is 1. The molecule has 0 saturated carbocycles. The van der Waals surface area contributed by atoms with Crippen LogP contribution < -0.4 is 0 Å². The van der Waals surface area contributed by atoms with Gasteiger partial charge in [-0.3, -0.25) is 9.69 Å². The van der Waals surface area contributed by atoms with E-state index in [4.69, 9.17) is 10.2 Å². The molecule has 0 bridgehead atoms. The summed E-state index contributed by atoms with van der Waals surface area (Å²) in [5, 5.41) is 17.5. The van der Waals surface area contributed by atoms with E-state index in [1.807, 2.05) is 4.90 Å². The minimum absolute atomic E-state index is 0.0454. The van der Waals surface area contributed by atoms with E-state index >= 15 is 0 Å². The second kappa shape index (κ2) is 4.42. The normalized spacial score (nSPS) is 25.6. The Morgan fingerprint density at radius 2 is 2.25 bits per heavy atom. The first-order valence-electron chi connectivity index (χ1n) is 4.33. The molecule has 70 valence electrons. The molecule has 12 heavy (non-hydrogen) atoms. The quantitative estimate of drug-likeness (QED) is 0.626. The second-order valence-electron chi connectivity index (χ2n) is 3.11. The fourth-order valence-electron chi connectivity index (χ4n) is 1.67. The number of carboxylic acid groups (broad SMARTS) is 1. The number of hydrogen-bond donors (Lipinski definition) is 2. The molecular formula is C8H15NO3. The van der Waals surface area contributed by atoms with Crippen LogP contribution in [0.25, 0.3) is 0 Å². The summed E-state index contributed by atoms with van der Waals surface area (Å²) < 4.78 is 0.